The van der Waals surface area contributed by atoms with E-state index in [1.54, 1.807) is 35.0 Å². The zero-order chi connectivity index (χ0) is 38.3. The van der Waals surface area contributed by atoms with Crippen LogP contribution in [0.1, 0.15) is 42.3 Å². The van der Waals surface area contributed by atoms with Crippen LogP contribution in [0.5, 0.6) is 11.5 Å². The maximum absolute atomic E-state index is 14.1. The first-order chi connectivity index (χ1) is 25.4. The number of hydrogen-bond acceptors (Lipinski definition) is 11. The summed E-state index contributed by atoms with van der Waals surface area (Å²) in [5.41, 5.74) is -1.14. The number of carbonyl (C=O) groups excluding carboxylic acids is 1. The molecule has 4 aromatic rings. The van der Waals surface area contributed by atoms with Gasteiger partial charge in [0.05, 0.1) is 46.6 Å². The van der Waals surface area contributed by atoms with Crippen molar-refractivity contribution in [2.45, 2.75) is 57.5 Å². The predicted molar refractivity (Wildman–Crippen MR) is 195 cm³/mol. The van der Waals surface area contributed by atoms with Crippen LogP contribution >= 0.6 is 0 Å². The summed E-state index contributed by atoms with van der Waals surface area (Å²) in [6.07, 6.45) is -3.16. The van der Waals surface area contributed by atoms with Gasteiger partial charge in [-0.3, -0.25) is 18.7 Å². The van der Waals surface area contributed by atoms with Crippen molar-refractivity contribution in [2.24, 2.45) is 5.41 Å². The highest BCUT2D eigenvalue weighted by molar-refractivity contribution is 5.75. The van der Waals surface area contributed by atoms with E-state index in [2.05, 4.69) is 0 Å². The fourth-order valence-electron chi connectivity index (χ4n) is 6.62. The molecule has 1 N–H and O–H groups in total. The molecule has 1 saturated heterocycles. The third-order valence-corrected chi connectivity index (χ3v) is 9.48. The van der Waals surface area contributed by atoms with Gasteiger partial charge in [-0.25, -0.2) is 4.79 Å². The van der Waals surface area contributed by atoms with E-state index < -0.39 is 52.8 Å². The molecular formula is C40H48N2O11. The van der Waals surface area contributed by atoms with Gasteiger partial charge in [-0.1, -0.05) is 54.6 Å². The Balaban J connectivity index is 1.58. The van der Waals surface area contributed by atoms with E-state index in [4.69, 9.17) is 33.2 Å². The minimum atomic E-state index is -1.28. The molecule has 0 saturated carbocycles. The molecule has 0 unspecified atom stereocenters. The minimum absolute atomic E-state index is 0.0834. The molecule has 1 aliphatic heterocycles. The number of carbonyl (C=O) groups is 1. The Morgan fingerprint density at radius 1 is 0.830 bits per heavy atom. The molecule has 0 radical (unpaired) electrons. The molecule has 0 amide bonds. The van der Waals surface area contributed by atoms with Gasteiger partial charge in [0.2, 0.25) is 0 Å². The summed E-state index contributed by atoms with van der Waals surface area (Å²) in [5.74, 6) is 0.741. The molecule has 2 heterocycles. The Bertz CT molecular complexity index is 1890. The monoisotopic (exact) mass is 732 g/mol. The maximum Gasteiger partial charge on any atom is 0.333 e. The highest BCUT2D eigenvalue weighted by Crippen LogP contribution is 2.43. The van der Waals surface area contributed by atoms with Crippen LogP contribution in [0.4, 0.5) is 0 Å². The van der Waals surface area contributed by atoms with Gasteiger partial charge in [-0.15, -0.1) is 0 Å². The lowest BCUT2D eigenvalue weighted by Crippen LogP contribution is -2.48. The average Bonchev–Trinajstić information content (AvgIpc) is 3.49. The van der Waals surface area contributed by atoms with Crippen molar-refractivity contribution in [1.82, 2.24) is 9.13 Å². The summed E-state index contributed by atoms with van der Waals surface area (Å²) in [6.45, 7) is 4.62. The molecule has 53 heavy (non-hydrogen) atoms. The highest BCUT2D eigenvalue weighted by Gasteiger charge is 2.48. The quantitative estimate of drug-likeness (QED) is 0.102. The summed E-state index contributed by atoms with van der Waals surface area (Å²) < 4.78 is 42.8. The molecule has 0 aliphatic carbocycles. The van der Waals surface area contributed by atoms with Crippen molar-refractivity contribution >= 4 is 5.97 Å². The normalized spacial score (nSPS) is 18.9. The van der Waals surface area contributed by atoms with Crippen LogP contribution in [0.15, 0.2) is 94.6 Å². The van der Waals surface area contributed by atoms with Gasteiger partial charge >= 0.3 is 11.7 Å². The number of aromatic nitrogens is 2. The summed E-state index contributed by atoms with van der Waals surface area (Å²) in [7, 11) is 5.96. The summed E-state index contributed by atoms with van der Waals surface area (Å²) >= 11 is 0. The second-order valence-electron chi connectivity index (χ2n) is 13.5. The van der Waals surface area contributed by atoms with E-state index in [1.807, 2.05) is 78.9 Å². The predicted octanol–water partition coefficient (Wildman–Crippen LogP) is 3.83. The standard InChI is InChI=1S/C40H48N2O11/c1-26-23-41(38(46)42(35(26)44)25-39(2,3)37(45)50-7)36-34(51-22-21-47-4)33(43)32(53-36)24-52-40(27-11-9-8-10-12-27,28-13-17-30(48-5)18-14-28)29-15-19-31(49-6)20-16-29/h8-20,23,32-34,36,43H,21-22,24-25H2,1-7H3/t32-,33-,34-,36-/m1/s1. The number of aliphatic hydroxyl groups excluding tert-OH is 1. The third-order valence-electron chi connectivity index (χ3n) is 9.48. The lowest BCUT2D eigenvalue weighted by molar-refractivity contribution is -0.151. The maximum atomic E-state index is 14.1. The number of benzene rings is 3. The van der Waals surface area contributed by atoms with Gasteiger partial charge in [0.15, 0.2) is 6.23 Å². The van der Waals surface area contributed by atoms with Crippen molar-refractivity contribution < 1.29 is 43.1 Å². The van der Waals surface area contributed by atoms with Gasteiger partial charge in [0.25, 0.3) is 5.56 Å². The molecule has 1 aliphatic rings. The van der Waals surface area contributed by atoms with Gasteiger partial charge in [-0.05, 0) is 61.7 Å². The molecule has 4 atom stereocenters. The van der Waals surface area contributed by atoms with Gasteiger partial charge in [0, 0.05) is 25.4 Å². The molecule has 5 rings (SSSR count). The summed E-state index contributed by atoms with van der Waals surface area (Å²) in [5, 5.41) is 11.9. The molecule has 0 spiro atoms. The van der Waals surface area contributed by atoms with Crippen LogP contribution < -0.4 is 20.7 Å². The fourth-order valence-corrected chi connectivity index (χ4v) is 6.62. The van der Waals surface area contributed by atoms with Crippen molar-refractivity contribution in [2.75, 3.05) is 48.3 Å². The second kappa shape index (κ2) is 16.9. The van der Waals surface area contributed by atoms with Crippen LogP contribution in [-0.4, -0.2) is 86.8 Å². The largest absolute Gasteiger partial charge is 0.497 e. The van der Waals surface area contributed by atoms with E-state index in [9.17, 15) is 19.5 Å². The van der Waals surface area contributed by atoms with Crippen LogP contribution in [0, 0.1) is 12.3 Å². The number of nitrogens with zero attached hydrogens (tertiary/aromatic N) is 2. The number of aliphatic hydroxyl groups is 1. The molecule has 3 aromatic carbocycles. The highest BCUT2D eigenvalue weighted by atomic mass is 16.6. The smallest absolute Gasteiger partial charge is 0.333 e. The summed E-state index contributed by atoms with van der Waals surface area (Å²) in [6, 6.07) is 24.7. The number of aryl methyl sites for hydroxylation is 1. The molecule has 1 aromatic heterocycles. The van der Waals surface area contributed by atoms with E-state index >= 15 is 0 Å². The average molecular weight is 733 g/mol. The number of esters is 1. The van der Waals surface area contributed by atoms with Gasteiger partial charge in [0.1, 0.15) is 35.4 Å². The molecular weight excluding hydrogens is 684 g/mol. The zero-order valence-electron chi connectivity index (χ0n) is 31.1. The van der Waals surface area contributed by atoms with E-state index in [0.29, 0.717) is 11.5 Å². The number of ether oxygens (including phenoxy) is 7. The van der Waals surface area contributed by atoms with Crippen LogP contribution in [0.25, 0.3) is 0 Å². The molecule has 13 heteroatoms. The SMILES string of the molecule is COCCO[C@@H]1[C@H](O)[C@@H](COC(c2ccccc2)(c2ccc(OC)cc2)c2ccc(OC)cc2)O[C@H]1n1cc(C)c(=O)n(CC(C)(C)C(=O)OC)c1=O. The molecule has 0 bridgehead atoms. The van der Waals surface area contributed by atoms with Crippen molar-refractivity contribution in [1.29, 1.82) is 0 Å². The Kier molecular flexibility index (Phi) is 12.6. The van der Waals surface area contributed by atoms with Crippen molar-refractivity contribution in [3.8, 4) is 11.5 Å². The lowest BCUT2D eigenvalue weighted by Gasteiger charge is -2.37. The number of methoxy groups -OCH3 is 4. The van der Waals surface area contributed by atoms with Gasteiger partial charge < -0.3 is 38.3 Å². The minimum Gasteiger partial charge on any atom is -0.497 e. The van der Waals surface area contributed by atoms with E-state index in [-0.39, 0.29) is 31.9 Å². The number of rotatable bonds is 16. The van der Waals surface area contributed by atoms with Crippen molar-refractivity contribution in [3.05, 3.63) is 128 Å². The van der Waals surface area contributed by atoms with Crippen LogP contribution in [0.2, 0.25) is 0 Å². The van der Waals surface area contributed by atoms with E-state index in [1.165, 1.54) is 25.0 Å². The second-order valence-corrected chi connectivity index (χ2v) is 13.5. The lowest BCUT2D eigenvalue weighted by atomic mass is 9.80. The molecule has 284 valence electrons. The molecule has 1 fully saturated rings. The topological polar surface area (TPSA) is 146 Å². The number of hydrogen-bond donors (Lipinski definition) is 1. The first kappa shape index (κ1) is 39.4. The van der Waals surface area contributed by atoms with Gasteiger partial charge in [-0.2, -0.15) is 0 Å². The Morgan fingerprint density at radius 3 is 1.92 bits per heavy atom. The van der Waals surface area contributed by atoms with Crippen molar-refractivity contribution in [3.63, 3.8) is 0 Å². The third kappa shape index (κ3) is 8.09. The Labute approximate surface area is 308 Å². The summed E-state index contributed by atoms with van der Waals surface area (Å²) in [4.78, 5) is 39.9. The fraction of sp³-hybridized carbons (Fsp3) is 0.425. The van der Waals surface area contributed by atoms with E-state index in [0.717, 1.165) is 21.3 Å². The van der Waals surface area contributed by atoms with Crippen LogP contribution in [-0.2, 0) is 40.6 Å². The first-order valence-corrected chi connectivity index (χ1v) is 17.3. The van der Waals surface area contributed by atoms with Crippen LogP contribution in [0.3, 0.4) is 0 Å². The Hall–Kier alpha value is -4.79. The first-order valence-electron chi connectivity index (χ1n) is 17.3. The Morgan fingerprint density at radius 2 is 1.40 bits per heavy atom. The molecule has 13 nitrogen and oxygen atoms in total. The zero-order valence-corrected chi connectivity index (χ0v) is 31.1.